The van der Waals surface area contributed by atoms with E-state index >= 15 is 0 Å². The number of pyridine rings is 1. The zero-order valence-corrected chi connectivity index (χ0v) is 13.5. The summed E-state index contributed by atoms with van der Waals surface area (Å²) in [5.74, 6) is 0.297. The van der Waals surface area contributed by atoms with Gasteiger partial charge in [-0.25, -0.2) is 9.98 Å². The highest BCUT2D eigenvalue weighted by atomic mass is 15.4. The van der Waals surface area contributed by atoms with E-state index in [1.165, 1.54) is 0 Å². The minimum atomic E-state index is -0.811. The van der Waals surface area contributed by atoms with Crippen LogP contribution in [0.4, 0.5) is 5.69 Å². The molecule has 0 bridgehead atoms. The third-order valence-corrected chi connectivity index (χ3v) is 4.69. The molecule has 0 amide bonds. The van der Waals surface area contributed by atoms with E-state index in [1.807, 2.05) is 42.5 Å². The van der Waals surface area contributed by atoms with Crippen LogP contribution in [0.3, 0.4) is 0 Å². The molecular weight excluding hydrogens is 300 g/mol. The maximum atomic E-state index is 6.12. The molecule has 1 saturated carbocycles. The first-order valence-corrected chi connectivity index (χ1v) is 8.06. The number of amidine groups is 1. The molecule has 0 saturated heterocycles. The predicted octanol–water partition coefficient (Wildman–Crippen LogP) is 2.31. The number of nitrogens with zero attached hydrogens (tertiary/aromatic N) is 3. The Morgan fingerprint density at radius 2 is 1.75 bits per heavy atom. The van der Waals surface area contributed by atoms with Gasteiger partial charge in [-0.1, -0.05) is 37.3 Å². The van der Waals surface area contributed by atoms with Crippen molar-refractivity contribution in [1.82, 2.24) is 10.3 Å². The summed E-state index contributed by atoms with van der Waals surface area (Å²) >= 11 is 0. The summed E-state index contributed by atoms with van der Waals surface area (Å²) in [6.07, 6.45) is 5.60. The fraction of sp³-hybridized carbons (Fsp3) is 0.278. The van der Waals surface area contributed by atoms with Crippen molar-refractivity contribution in [1.29, 1.82) is 0 Å². The average molecular weight is 320 g/mol. The summed E-state index contributed by atoms with van der Waals surface area (Å²) in [5, 5.41) is 6.59. The van der Waals surface area contributed by atoms with E-state index in [4.69, 9.17) is 10.7 Å². The van der Waals surface area contributed by atoms with Gasteiger partial charge in [0, 0.05) is 29.1 Å². The van der Waals surface area contributed by atoms with Crippen LogP contribution in [-0.2, 0) is 0 Å². The molecule has 1 aromatic heterocycles. The summed E-state index contributed by atoms with van der Waals surface area (Å²) in [7, 11) is 0. The van der Waals surface area contributed by atoms with E-state index in [2.05, 4.69) is 27.5 Å². The molecule has 6 heteroatoms. The molecule has 24 heavy (non-hydrogen) atoms. The van der Waals surface area contributed by atoms with Crippen LogP contribution in [0.15, 0.2) is 64.8 Å². The van der Waals surface area contributed by atoms with Crippen molar-refractivity contribution in [3.63, 3.8) is 0 Å². The molecule has 1 atom stereocenters. The molecule has 1 aromatic carbocycles. The standard InChI is InChI=1S/C18H20N6/c1-17(9-10-17)18(22-14-7-11-20-12-8-14)23-15(21-16(19)24-18)13-5-3-2-4-6-13/h2-8,11-12H,9-10H2,1H3,(H,20,22)(H3,19,21,23,24). The highest BCUT2D eigenvalue weighted by Crippen LogP contribution is 2.56. The number of anilines is 1. The van der Waals surface area contributed by atoms with Crippen LogP contribution in [0.25, 0.3) is 0 Å². The van der Waals surface area contributed by atoms with Crippen molar-refractivity contribution in [3.8, 4) is 0 Å². The fourth-order valence-corrected chi connectivity index (χ4v) is 2.92. The van der Waals surface area contributed by atoms with Gasteiger partial charge in [-0.15, -0.1) is 0 Å². The molecule has 6 nitrogen and oxygen atoms in total. The number of nitrogens with one attached hydrogen (secondary N) is 2. The van der Waals surface area contributed by atoms with E-state index in [1.54, 1.807) is 12.4 Å². The number of hydrogen-bond acceptors (Lipinski definition) is 6. The second-order valence-corrected chi connectivity index (χ2v) is 6.54. The number of hydrogen-bond donors (Lipinski definition) is 3. The van der Waals surface area contributed by atoms with E-state index in [-0.39, 0.29) is 5.41 Å². The molecule has 1 unspecified atom stereocenters. The van der Waals surface area contributed by atoms with Gasteiger partial charge in [-0.3, -0.25) is 4.98 Å². The Bertz CT molecular complexity index is 795. The van der Waals surface area contributed by atoms with Gasteiger partial charge in [-0.2, -0.15) is 0 Å². The molecule has 4 rings (SSSR count). The van der Waals surface area contributed by atoms with Gasteiger partial charge in [-0.05, 0) is 25.0 Å². The van der Waals surface area contributed by atoms with E-state index < -0.39 is 5.79 Å². The Hall–Kier alpha value is -2.89. The minimum Gasteiger partial charge on any atom is -0.370 e. The molecular formula is C18H20N6. The highest BCUT2D eigenvalue weighted by Gasteiger charge is 2.58. The lowest BCUT2D eigenvalue weighted by atomic mass is 9.98. The van der Waals surface area contributed by atoms with Crippen molar-refractivity contribution < 1.29 is 0 Å². The second-order valence-electron chi connectivity index (χ2n) is 6.54. The number of rotatable bonds is 4. The summed E-state index contributed by atoms with van der Waals surface area (Å²) in [5.41, 5.74) is 7.97. The van der Waals surface area contributed by atoms with Crippen molar-refractivity contribution >= 4 is 17.5 Å². The van der Waals surface area contributed by atoms with Crippen LogP contribution in [0.2, 0.25) is 0 Å². The lowest BCUT2D eigenvalue weighted by Crippen LogP contribution is -2.53. The molecule has 2 aliphatic rings. The SMILES string of the molecule is CC1(C2(Nc3ccncc3)N=C(N)NC(c3ccccc3)=N2)CC1. The second kappa shape index (κ2) is 5.33. The smallest absolute Gasteiger partial charge is 0.235 e. The van der Waals surface area contributed by atoms with E-state index in [9.17, 15) is 0 Å². The Labute approximate surface area is 140 Å². The van der Waals surface area contributed by atoms with Gasteiger partial charge < -0.3 is 16.4 Å². The molecule has 0 radical (unpaired) electrons. The number of aromatic nitrogens is 1. The monoisotopic (exact) mass is 320 g/mol. The van der Waals surface area contributed by atoms with Gasteiger partial charge in [0.25, 0.3) is 0 Å². The topological polar surface area (TPSA) is 87.7 Å². The van der Waals surface area contributed by atoms with Crippen LogP contribution in [0.1, 0.15) is 25.3 Å². The molecule has 1 aliphatic heterocycles. The average Bonchev–Trinajstić information content (AvgIpc) is 3.35. The number of aliphatic imine (C=N–C) groups is 2. The first kappa shape index (κ1) is 14.7. The third-order valence-electron chi connectivity index (χ3n) is 4.69. The largest absolute Gasteiger partial charge is 0.370 e. The Morgan fingerprint density at radius 1 is 1.04 bits per heavy atom. The Morgan fingerprint density at radius 3 is 2.42 bits per heavy atom. The first-order valence-electron chi connectivity index (χ1n) is 8.06. The predicted molar refractivity (Wildman–Crippen MR) is 95.7 cm³/mol. The van der Waals surface area contributed by atoms with Crippen LogP contribution in [-0.4, -0.2) is 22.6 Å². The van der Waals surface area contributed by atoms with Crippen molar-refractivity contribution in [3.05, 3.63) is 60.4 Å². The van der Waals surface area contributed by atoms with E-state index in [0.717, 1.165) is 29.9 Å². The summed E-state index contributed by atoms with van der Waals surface area (Å²) < 4.78 is 0. The summed E-state index contributed by atoms with van der Waals surface area (Å²) in [6, 6.07) is 13.8. The zero-order valence-electron chi connectivity index (χ0n) is 13.5. The van der Waals surface area contributed by atoms with Crippen LogP contribution < -0.4 is 16.4 Å². The molecule has 1 fully saturated rings. The third kappa shape index (κ3) is 2.50. The molecule has 122 valence electrons. The van der Waals surface area contributed by atoms with Crippen LogP contribution in [0, 0.1) is 5.41 Å². The zero-order chi connectivity index (χ0) is 16.6. The fourth-order valence-electron chi connectivity index (χ4n) is 2.92. The molecule has 1 aliphatic carbocycles. The first-order chi connectivity index (χ1) is 11.6. The van der Waals surface area contributed by atoms with Gasteiger partial charge in [0.15, 0.2) is 5.96 Å². The normalized spacial score (nSPS) is 24.4. The quantitative estimate of drug-likeness (QED) is 0.806. The minimum absolute atomic E-state index is 0.0664. The molecule has 4 N–H and O–H groups in total. The van der Waals surface area contributed by atoms with Gasteiger partial charge in [0.1, 0.15) is 5.84 Å². The Balaban J connectivity index is 1.80. The molecule has 0 spiro atoms. The van der Waals surface area contributed by atoms with Gasteiger partial charge in [0.05, 0.1) is 0 Å². The molecule has 2 heterocycles. The maximum absolute atomic E-state index is 6.12. The number of guanidine groups is 1. The van der Waals surface area contributed by atoms with Crippen LogP contribution in [0.5, 0.6) is 0 Å². The number of nitrogens with two attached hydrogens (primary N) is 1. The van der Waals surface area contributed by atoms with E-state index in [0.29, 0.717) is 5.96 Å². The highest BCUT2D eigenvalue weighted by molar-refractivity contribution is 6.10. The lowest BCUT2D eigenvalue weighted by Gasteiger charge is -2.37. The van der Waals surface area contributed by atoms with Crippen molar-refractivity contribution in [2.75, 3.05) is 5.32 Å². The van der Waals surface area contributed by atoms with Gasteiger partial charge in [0.2, 0.25) is 5.79 Å². The summed E-state index contributed by atoms with van der Waals surface area (Å²) in [6.45, 7) is 2.19. The molecule has 2 aromatic rings. The van der Waals surface area contributed by atoms with Gasteiger partial charge >= 0.3 is 0 Å². The summed E-state index contributed by atoms with van der Waals surface area (Å²) in [4.78, 5) is 13.7. The number of benzene rings is 1. The van der Waals surface area contributed by atoms with Crippen molar-refractivity contribution in [2.24, 2.45) is 21.1 Å². The van der Waals surface area contributed by atoms with Crippen molar-refractivity contribution in [2.45, 2.75) is 25.6 Å². The Kier molecular flexibility index (Phi) is 3.26. The maximum Gasteiger partial charge on any atom is 0.235 e. The van der Waals surface area contributed by atoms with Crippen LogP contribution >= 0.6 is 0 Å². The lowest BCUT2D eigenvalue weighted by molar-refractivity contribution is 0.318.